The number of hydrogen-bond donors (Lipinski definition) is 2. The molecular weight excluding hydrogens is 170 g/mol. The molecule has 0 aliphatic rings. The molecule has 0 amide bonds. The molecule has 0 aliphatic carbocycles. The molecule has 0 bridgehead atoms. The molecule has 3 N–H and O–H groups in total. The second-order valence-corrected chi connectivity index (χ2v) is 3.49. The van der Waals surface area contributed by atoms with E-state index in [1.165, 1.54) is 11.5 Å². The Kier molecular flexibility index (Phi) is 3.10. The Morgan fingerprint density at radius 1 is 1.92 bits per heavy atom. The van der Waals surface area contributed by atoms with Crippen LogP contribution in [0.3, 0.4) is 0 Å². The van der Waals surface area contributed by atoms with E-state index in [2.05, 4.69) is 23.2 Å². The van der Waals surface area contributed by atoms with Crippen LogP contribution in [-0.4, -0.2) is 10.4 Å². The molecule has 0 spiro atoms. The van der Waals surface area contributed by atoms with Gasteiger partial charge in [0.2, 0.25) is 0 Å². The largest absolute Gasteiger partial charge is 0.383 e. The fourth-order valence-corrected chi connectivity index (χ4v) is 1.59. The maximum atomic E-state index is 5.47. The van der Waals surface area contributed by atoms with Crippen LogP contribution >= 0.6 is 11.5 Å². The molecule has 1 rings (SSSR count). The Hall–Kier alpha value is -1.03. The number of nitrogen functional groups attached to an aromatic ring is 1. The van der Waals surface area contributed by atoms with Crippen LogP contribution in [0, 0.1) is 0 Å². The summed E-state index contributed by atoms with van der Waals surface area (Å²) in [5, 5.41) is 4.28. The highest BCUT2D eigenvalue weighted by molar-refractivity contribution is 7.10. The van der Waals surface area contributed by atoms with Gasteiger partial charge in [-0.05, 0) is 24.9 Å². The summed E-state index contributed by atoms with van der Waals surface area (Å²) in [6.45, 7) is 5.77. The number of hydrogen-bond acceptors (Lipinski definition) is 4. The molecule has 0 aliphatic heterocycles. The monoisotopic (exact) mass is 183 g/mol. The molecule has 0 saturated heterocycles. The van der Waals surface area contributed by atoms with Gasteiger partial charge in [0, 0.05) is 12.1 Å². The van der Waals surface area contributed by atoms with Gasteiger partial charge in [-0.15, -0.1) is 6.58 Å². The second-order valence-electron chi connectivity index (χ2n) is 2.69. The van der Waals surface area contributed by atoms with Crippen LogP contribution in [0.15, 0.2) is 18.7 Å². The van der Waals surface area contributed by atoms with Crippen molar-refractivity contribution >= 4 is 22.4 Å². The average Bonchev–Trinajstić information content (AvgIpc) is 2.36. The van der Waals surface area contributed by atoms with Crippen LogP contribution in [0.25, 0.3) is 0 Å². The fourth-order valence-electron chi connectivity index (χ4n) is 0.909. The first-order chi connectivity index (χ1) is 5.72. The molecule has 1 aromatic rings. The number of nitrogens with two attached hydrogens (primary N) is 1. The zero-order valence-electron chi connectivity index (χ0n) is 7.08. The Labute approximate surface area is 76.5 Å². The maximum absolute atomic E-state index is 5.47. The molecule has 1 atom stereocenters. The zero-order valence-corrected chi connectivity index (χ0v) is 7.90. The lowest BCUT2D eigenvalue weighted by Gasteiger charge is -2.09. The molecule has 3 nitrogen and oxygen atoms in total. The van der Waals surface area contributed by atoms with Crippen molar-refractivity contribution in [1.82, 2.24) is 4.37 Å². The van der Waals surface area contributed by atoms with E-state index in [1.807, 2.05) is 12.1 Å². The molecule has 12 heavy (non-hydrogen) atoms. The highest BCUT2D eigenvalue weighted by Gasteiger charge is 2.01. The van der Waals surface area contributed by atoms with Crippen molar-refractivity contribution < 1.29 is 0 Å². The Bertz CT molecular complexity index is 257. The fraction of sp³-hybridized carbons (Fsp3) is 0.375. The summed E-state index contributed by atoms with van der Waals surface area (Å²) in [4.78, 5) is 0. The molecule has 1 aromatic heterocycles. The quantitative estimate of drug-likeness (QED) is 0.703. The third-order valence-corrected chi connectivity index (χ3v) is 2.17. The van der Waals surface area contributed by atoms with Gasteiger partial charge in [-0.1, -0.05) is 6.08 Å². The van der Waals surface area contributed by atoms with Gasteiger partial charge in [0.1, 0.15) is 10.8 Å². The number of rotatable bonds is 4. The Morgan fingerprint density at radius 2 is 2.67 bits per heavy atom. The van der Waals surface area contributed by atoms with Crippen molar-refractivity contribution in [3.05, 3.63) is 18.7 Å². The van der Waals surface area contributed by atoms with E-state index in [0.29, 0.717) is 11.9 Å². The lowest BCUT2D eigenvalue weighted by atomic mass is 10.2. The van der Waals surface area contributed by atoms with E-state index in [9.17, 15) is 0 Å². The van der Waals surface area contributed by atoms with Gasteiger partial charge < -0.3 is 11.1 Å². The summed E-state index contributed by atoms with van der Waals surface area (Å²) >= 11 is 1.38. The molecule has 0 fully saturated rings. The van der Waals surface area contributed by atoms with Gasteiger partial charge in [-0.2, -0.15) is 4.37 Å². The normalized spacial score (nSPS) is 12.4. The van der Waals surface area contributed by atoms with Crippen LogP contribution in [0.4, 0.5) is 10.8 Å². The molecular formula is C8H13N3S. The van der Waals surface area contributed by atoms with E-state index >= 15 is 0 Å². The van der Waals surface area contributed by atoms with Gasteiger partial charge >= 0.3 is 0 Å². The average molecular weight is 183 g/mol. The van der Waals surface area contributed by atoms with Gasteiger partial charge in [-0.3, -0.25) is 0 Å². The topological polar surface area (TPSA) is 50.9 Å². The lowest BCUT2D eigenvalue weighted by Crippen LogP contribution is -2.12. The smallest absolute Gasteiger partial charge is 0.139 e. The van der Waals surface area contributed by atoms with Crippen molar-refractivity contribution in [2.24, 2.45) is 0 Å². The number of nitrogens with zero attached hydrogens (tertiary/aromatic N) is 1. The summed E-state index contributed by atoms with van der Waals surface area (Å²) < 4.78 is 3.96. The molecule has 4 heteroatoms. The highest BCUT2D eigenvalue weighted by Crippen LogP contribution is 2.18. The summed E-state index contributed by atoms with van der Waals surface area (Å²) in [6.07, 6.45) is 2.83. The van der Waals surface area contributed by atoms with Gasteiger partial charge in [0.15, 0.2) is 0 Å². The van der Waals surface area contributed by atoms with Gasteiger partial charge in [-0.25, -0.2) is 0 Å². The van der Waals surface area contributed by atoms with Gasteiger partial charge in [0.05, 0.1) is 0 Å². The number of anilines is 2. The summed E-state index contributed by atoms with van der Waals surface area (Å²) in [5.41, 5.74) is 5.47. The highest BCUT2D eigenvalue weighted by atomic mass is 32.1. The molecule has 0 radical (unpaired) electrons. The minimum atomic E-state index is 0.391. The minimum absolute atomic E-state index is 0.391. The van der Waals surface area contributed by atoms with E-state index in [-0.39, 0.29) is 0 Å². The SMILES string of the molecule is C=CCC(C)Nc1cc(N)ns1. The van der Waals surface area contributed by atoms with Crippen molar-refractivity contribution in [1.29, 1.82) is 0 Å². The molecule has 1 heterocycles. The first-order valence-corrected chi connectivity index (χ1v) is 4.59. The van der Waals surface area contributed by atoms with E-state index in [0.717, 1.165) is 11.4 Å². The summed E-state index contributed by atoms with van der Waals surface area (Å²) in [7, 11) is 0. The maximum Gasteiger partial charge on any atom is 0.139 e. The van der Waals surface area contributed by atoms with Crippen molar-refractivity contribution in [2.75, 3.05) is 11.1 Å². The number of nitrogens with one attached hydrogen (secondary N) is 1. The Morgan fingerprint density at radius 3 is 3.17 bits per heavy atom. The van der Waals surface area contributed by atoms with Gasteiger partial charge in [0.25, 0.3) is 0 Å². The van der Waals surface area contributed by atoms with Crippen LogP contribution < -0.4 is 11.1 Å². The van der Waals surface area contributed by atoms with Crippen LogP contribution in [0.5, 0.6) is 0 Å². The molecule has 0 aromatic carbocycles. The van der Waals surface area contributed by atoms with Crippen molar-refractivity contribution in [2.45, 2.75) is 19.4 Å². The second kappa shape index (κ2) is 4.11. The lowest BCUT2D eigenvalue weighted by molar-refractivity contribution is 0.817. The molecule has 66 valence electrons. The predicted molar refractivity (Wildman–Crippen MR) is 54.4 cm³/mol. The third-order valence-electron chi connectivity index (χ3n) is 1.44. The molecule has 0 saturated carbocycles. The summed E-state index contributed by atoms with van der Waals surface area (Å²) in [6, 6.07) is 2.23. The zero-order chi connectivity index (χ0) is 8.97. The van der Waals surface area contributed by atoms with E-state index < -0.39 is 0 Å². The first-order valence-electron chi connectivity index (χ1n) is 3.82. The van der Waals surface area contributed by atoms with E-state index in [4.69, 9.17) is 5.73 Å². The van der Waals surface area contributed by atoms with E-state index in [1.54, 1.807) is 0 Å². The van der Waals surface area contributed by atoms with Crippen LogP contribution in [-0.2, 0) is 0 Å². The minimum Gasteiger partial charge on any atom is -0.383 e. The predicted octanol–water partition coefficient (Wildman–Crippen LogP) is 2.10. The first kappa shape index (κ1) is 9.06. The standard InChI is InChI=1S/C8H13N3S/c1-3-4-6(2)10-8-5-7(9)11-12-8/h3,5-6,10H,1,4H2,2H3,(H2,9,11). The van der Waals surface area contributed by atoms with Crippen LogP contribution in [0.1, 0.15) is 13.3 Å². The molecule has 1 unspecified atom stereocenters. The summed E-state index contributed by atoms with van der Waals surface area (Å²) in [5.74, 6) is 0.577. The van der Waals surface area contributed by atoms with Crippen molar-refractivity contribution in [3.8, 4) is 0 Å². The Balaban J connectivity index is 2.46. The van der Waals surface area contributed by atoms with Crippen LogP contribution in [0.2, 0.25) is 0 Å². The van der Waals surface area contributed by atoms with Crippen molar-refractivity contribution in [3.63, 3.8) is 0 Å². The number of aromatic nitrogens is 1. The third kappa shape index (κ3) is 2.54.